The molecule has 0 radical (unpaired) electrons. The predicted octanol–water partition coefficient (Wildman–Crippen LogP) is 3.06. The van der Waals surface area contributed by atoms with Crippen molar-refractivity contribution in [3.8, 4) is 0 Å². The second-order valence-corrected chi connectivity index (χ2v) is 5.22. The van der Waals surface area contributed by atoms with Gasteiger partial charge in [0.05, 0.1) is 5.54 Å². The minimum Gasteiger partial charge on any atom is -0.335 e. The van der Waals surface area contributed by atoms with E-state index in [1.807, 2.05) is 0 Å². The number of halogens is 2. The average Bonchev–Trinajstić information content (AvgIpc) is 2.86. The van der Waals surface area contributed by atoms with E-state index in [2.05, 4.69) is 5.32 Å². The Hall–Kier alpha value is -0.930. The van der Waals surface area contributed by atoms with Gasteiger partial charge in [-0.05, 0) is 31.0 Å². The maximum Gasteiger partial charge on any atom is 0.322 e. The zero-order chi connectivity index (χ0) is 11.3. The molecule has 2 amide bonds. The number of benzene rings is 1. The monoisotopic (exact) mass is 256 g/mol. The van der Waals surface area contributed by atoms with Gasteiger partial charge in [0.25, 0.3) is 0 Å². The third kappa shape index (κ3) is 1.46. The van der Waals surface area contributed by atoms with Gasteiger partial charge in [0.2, 0.25) is 0 Å². The van der Waals surface area contributed by atoms with E-state index in [9.17, 15) is 4.79 Å². The molecule has 2 aliphatic rings. The first-order chi connectivity index (χ1) is 7.61. The summed E-state index contributed by atoms with van der Waals surface area (Å²) in [6.45, 7) is 0.718. The highest BCUT2D eigenvalue weighted by atomic mass is 35.5. The fourth-order valence-electron chi connectivity index (χ4n) is 2.22. The Labute approximate surface area is 103 Å². The van der Waals surface area contributed by atoms with Crippen LogP contribution in [-0.4, -0.2) is 18.1 Å². The Morgan fingerprint density at radius 1 is 1.19 bits per heavy atom. The molecular formula is C11H10Cl2N2O. The molecule has 1 heterocycles. The molecule has 16 heavy (non-hydrogen) atoms. The lowest BCUT2D eigenvalue weighted by molar-refractivity contribution is 0.251. The van der Waals surface area contributed by atoms with Crippen molar-refractivity contribution in [1.82, 2.24) is 5.32 Å². The van der Waals surface area contributed by atoms with Gasteiger partial charge in [-0.2, -0.15) is 0 Å². The number of carbonyl (C=O) groups is 1. The summed E-state index contributed by atoms with van der Waals surface area (Å²) < 4.78 is 0. The number of anilines is 1. The molecule has 1 saturated carbocycles. The molecule has 1 aromatic rings. The van der Waals surface area contributed by atoms with Crippen LogP contribution >= 0.6 is 23.2 Å². The number of hydrogen-bond donors (Lipinski definition) is 1. The number of hydrogen-bond acceptors (Lipinski definition) is 1. The van der Waals surface area contributed by atoms with E-state index in [-0.39, 0.29) is 11.6 Å². The van der Waals surface area contributed by atoms with Crippen LogP contribution in [0.15, 0.2) is 18.2 Å². The van der Waals surface area contributed by atoms with Gasteiger partial charge in [-0.15, -0.1) is 0 Å². The van der Waals surface area contributed by atoms with Gasteiger partial charge in [0.1, 0.15) is 0 Å². The Bertz CT molecular complexity index is 451. The molecule has 1 spiro atoms. The zero-order valence-electron chi connectivity index (χ0n) is 8.46. The van der Waals surface area contributed by atoms with Gasteiger partial charge in [-0.3, -0.25) is 4.90 Å². The molecule has 5 heteroatoms. The smallest absolute Gasteiger partial charge is 0.322 e. The molecule has 0 atom stereocenters. The van der Waals surface area contributed by atoms with Crippen molar-refractivity contribution < 1.29 is 4.79 Å². The lowest BCUT2D eigenvalue weighted by Gasteiger charge is -2.22. The molecule has 3 nitrogen and oxygen atoms in total. The average molecular weight is 257 g/mol. The summed E-state index contributed by atoms with van der Waals surface area (Å²) in [5.41, 5.74) is 0.760. The number of rotatable bonds is 1. The molecule has 1 N–H and O–H groups in total. The van der Waals surface area contributed by atoms with E-state index >= 15 is 0 Å². The number of nitrogens with zero attached hydrogens (tertiary/aromatic N) is 1. The molecule has 84 valence electrons. The molecule has 1 aromatic carbocycles. The fraction of sp³-hybridized carbons (Fsp3) is 0.364. The molecule has 0 unspecified atom stereocenters. The van der Waals surface area contributed by atoms with Crippen LogP contribution in [0.2, 0.25) is 10.0 Å². The highest BCUT2D eigenvalue weighted by molar-refractivity contribution is 6.35. The van der Waals surface area contributed by atoms with Crippen LogP contribution in [0.4, 0.5) is 10.5 Å². The molecule has 1 saturated heterocycles. The molecular weight excluding hydrogens is 247 g/mol. The van der Waals surface area contributed by atoms with Gasteiger partial charge in [-0.25, -0.2) is 4.79 Å². The lowest BCUT2D eigenvalue weighted by atomic mass is 10.2. The first kappa shape index (κ1) is 10.2. The van der Waals surface area contributed by atoms with E-state index < -0.39 is 0 Å². The summed E-state index contributed by atoms with van der Waals surface area (Å²) in [6, 6.07) is 5.16. The van der Waals surface area contributed by atoms with E-state index in [4.69, 9.17) is 23.2 Å². The normalized spacial score (nSPS) is 21.4. The molecule has 1 aliphatic heterocycles. The summed E-state index contributed by atoms with van der Waals surface area (Å²) in [5, 5.41) is 3.97. The van der Waals surface area contributed by atoms with E-state index in [1.54, 1.807) is 23.1 Å². The Balaban J connectivity index is 2.05. The number of amides is 2. The van der Waals surface area contributed by atoms with E-state index in [0.717, 1.165) is 25.1 Å². The molecule has 3 rings (SSSR count). The maximum absolute atomic E-state index is 11.8. The summed E-state index contributed by atoms with van der Waals surface area (Å²) in [7, 11) is 0. The fourth-order valence-corrected chi connectivity index (χ4v) is 2.73. The highest BCUT2D eigenvalue weighted by Crippen LogP contribution is 2.47. The van der Waals surface area contributed by atoms with Crippen molar-refractivity contribution in [3.63, 3.8) is 0 Å². The van der Waals surface area contributed by atoms with E-state index in [0.29, 0.717) is 10.0 Å². The van der Waals surface area contributed by atoms with Crippen LogP contribution in [0.5, 0.6) is 0 Å². The van der Waals surface area contributed by atoms with Crippen LogP contribution < -0.4 is 10.2 Å². The summed E-state index contributed by atoms with van der Waals surface area (Å²) in [4.78, 5) is 13.6. The summed E-state index contributed by atoms with van der Waals surface area (Å²) in [5.74, 6) is 0. The second kappa shape index (κ2) is 3.28. The van der Waals surface area contributed by atoms with Crippen molar-refractivity contribution in [2.45, 2.75) is 18.4 Å². The minimum absolute atomic E-state index is 0.0227. The second-order valence-electron chi connectivity index (χ2n) is 4.35. The van der Waals surface area contributed by atoms with Gasteiger partial charge in [-0.1, -0.05) is 23.2 Å². The van der Waals surface area contributed by atoms with Crippen molar-refractivity contribution in [3.05, 3.63) is 28.2 Å². The topological polar surface area (TPSA) is 32.3 Å². The Morgan fingerprint density at radius 3 is 2.38 bits per heavy atom. The standard InChI is InChI=1S/C11H10Cl2N2O/c12-7-3-8(13)5-9(4-7)15-10(16)14-6-11(15)1-2-11/h3-5H,1-2,6H2,(H,14,16). The first-order valence-electron chi connectivity index (χ1n) is 5.15. The minimum atomic E-state index is -0.0594. The van der Waals surface area contributed by atoms with Gasteiger partial charge in [0, 0.05) is 22.3 Å². The summed E-state index contributed by atoms with van der Waals surface area (Å²) >= 11 is 11.9. The van der Waals surface area contributed by atoms with E-state index in [1.165, 1.54) is 0 Å². The quantitative estimate of drug-likeness (QED) is 0.823. The molecule has 2 fully saturated rings. The number of carbonyl (C=O) groups excluding carboxylic acids is 1. The van der Waals surface area contributed by atoms with Crippen molar-refractivity contribution in [1.29, 1.82) is 0 Å². The lowest BCUT2D eigenvalue weighted by Crippen LogP contribution is -2.35. The van der Waals surface area contributed by atoms with Crippen LogP contribution in [0, 0.1) is 0 Å². The van der Waals surface area contributed by atoms with Crippen molar-refractivity contribution in [2.24, 2.45) is 0 Å². The first-order valence-corrected chi connectivity index (χ1v) is 5.91. The predicted molar refractivity (Wildman–Crippen MR) is 64.3 cm³/mol. The van der Waals surface area contributed by atoms with Crippen LogP contribution in [0.3, 0.4) is 0 Å². The third-order valence-corrected chi connectivity index (χ3v) is 3.62. The van der Waals surface area contributed by atoms with Crippen LogP contribution in [-0.2, 0) is 0 Å². The van der Waals surface area contributed by atoms with Crippen LogP contribution in [0.25, 0.3) is 0 Å². The van der Waals surface area contributed by atoms with Crippen LogP contribution in [0.1, 0.15) is 12.8 Å². The van der Waals surface area contributed by atoms with Crippen molar-refractivity contribution in [2.75, 3.05) is 11.4 Å². The zero-order valence-corrected chi connectivity index (χ0v) is 9.98. The maximum atomic E-state index is 11.8. The molecule has 0 aromatic heterocycles. The Morgan fingerprint density at radius 2 is 1.81 bits per heavy atom. The van der Waals surface area contributed by atoms with Crippen molar-refractivity contribution >= 4 is 34.9 Å². The number of urea groups is 1. The van der Waals surface area contributed by atoms with Gasteiger partial charge < -0.3 is 5.32 Å². The van der Waals surface area contributed by atoms with Gasteiger partial charge >= 0.3 is 6.03 Å². The van der Waals surface area contributed by atoms with Gasteiger partial charge in [0.15, 0.2) is 0 Å². The SMILES string of the molecule is O=C1NCC2(CC2)N1c1cc(Cl)cc(Cl)c1. The largest absolute Gasteiger partial charge is 0.335 e. The number of nitrogens with one attached hydrogen (secondary N) is 1. The molecule has 1 aliphatic carbocycles. The Kier molecular flexibility index (Phi) is 2.10. The third-order valence-electron chi connectivity index (χ3n) is 3.18. The summed E-state index contributed by atoms with van der Waals surface area (Å²) in [6.07, 6.45) is 2.08. The molecule has 0 bridgehead atoms. The highest BCUT2D eigenvalue weighted by Gasteiger charge is 2.55.